The predicted octanol–water partition coefficient (Wildman–Crippen LogP) is 4.91. The molecule has 0 saturated heterocycles. The molecule has 9 nitrogen and oxygen atoms in total. The molecule has 1 heterocycles. The van der Waals surface area contributed by atoms with Crippen molar-refractivity contribution in [2.75, 3.05) is 32.2 Å². The summed E-state index contributed by atoms with van der Waals surface area (Å²) in [5.41, 5.74) is 0.373. The number of nitriles is 1. The number of nitrogens with zero attached hydrogens (tertiary/aromatic N) is 3. The summed E-state index contributed by atoms with van der Waals surface area (Å²) < 4.78 is 22.3. The number of methoxy groups -OCH3 is 1. The molecule has 1 aromatic heterocycles. The van der Waals surface area contributed by atoms with E-state index in [9.17, 15) is 10.1 Å². The van der Waals surface area contributed by atoms with Gasteiger partial charge in [-0.15, -0.1) is 10.2 Å². The molecule has 0 unspecified atom stereocenters. The lowest BCUT2D eigenvalue weighted by molar-refractivity contribution is -0.112. The molecule has 0 radical (unpaired) electrons. The maximum atomic E-state index is 12.5. The molecular weight excluding hydrogens is 492 g/mol. The van der Waals surface area contributed by atoms with Gasteiger partial charge < -0.3 is 18.9 Å². The summed E-state index contributed by atoms with van der Waals surface area (Å²) in [6.45, 7) is 4.45. The van der Waals surface area contributed by atoms with Crippen LogP contribution in [0.2, 0.25) is 5.02 Å². The Labute approximate surface area is 211 Å². The summed E-state index contributed by atoms with van der Waals surface area (Å²) in [4.78, 5) is 12.5. The van der Waals surface area contributed by atoms with Crippen molar-refractivity contribution < 1.29 is 23.7 Å². The smallest absolute Gasteiger partial charge is 0.268 e. The summed E-state index contributed by atoms with van der Waals surface area (Å²) >= 11 is 7.66. The molecule has 0 aliphatic carbocycles. The first-order valence-electron chi connectivity index (χ1n) is 10.5. The van der Waals surface area contributed by atoms with Crippen LogP contribution < -0.4 is 24.3 Å². The Balaban J connectivity index is 1.69. The molecule has 182 valence electrons. The number of carbonyl (C=O) groups excluding carboxylic acids is 1. The maximum absolute atomic E-state index is 12.5. The van der Waals surface area contributed by atoms with Gasteiger partial charge in [0.2, 0.25) is 5.13 Å². The van der Waals surface area contributed by atoms with Crippen molar-refractivity contribution in [3.05, 3.63) is 57.6 Å². The summed E-state index contributed by atoms with van der Waals surface area (Å²) in [7, 11) is 1.60. The third-order valence-corrected chi connectivity index (χ3v) is 5.45. The summed E-state index contributed by atoms with van der Waals surface area (Å²) in [6, 6.07) is 12.3. The first kappa shape index (κ1) is 25.8. The molecule has 0 aliphatic rings. The van der Waals surface area contributed by atoms with Crippen molar-refractivity contribution >= 4 is 40.1 Å². The minimum atomic E-state index is -0.603. The predicted molar refractivity (Wildman–Crippen MR) is 133 cm³/mol. The molecule has 1 amide bonds. The van der Waals surface area contributed by atoms with Gasteiger partial charge in [-0.25, -0.2) is 0 Å². The number of ether oxygens (including phenoxy) is 4. The molecule has 0 bridgehead atoms. The third-order valence-electron chi connectivity index (χ3n) is 4.41. The number of hydrogen-bond donors (Lipinski definition) is 1. The summed E-state index contributed by atoms with van der Waals surface area (Å²) in [5, 5.41) is 21.0. The summed E-state index contributed by atoms with van der Waals surface area (Å²) in [6.07, 6.45) is 1.41. The van der Waals surface area contributed by atoms with Gasteiger partial charge in [-0.05, 0) is 61.9 Å². The number of benzene rings is 2. The van der Waals surface area contributed by atoms with Gasteiger partial charge >= 0.3 is 0 Å². The quantitative estimate of drug-likeness (QED) is 0.218. The number of amides is 1. The van der Waals surface area contributed by atoms with E-state index in [1.807, 2.05) is 13.0 Å². The van der Waals surface area contributed by atoms with Gasteiger partial charge in [-0.2, -0.15) is 5.26 Å². The number of hydrogen-bond acceptors (Lipinski definition) is 9. The number of carbonyl (C=O) groups is 1. The Hall–Kier alpha value is -3.81. The van der Waals surface area contributed by atoms with Gasteiger partial charge in [0, 0.05) is 0 Å². The van der Waals surface area contributed by atoms with Crippen LogP contribution in [0.4, 0.5) is 5.13 Å². The van der Waals surface area contributed by atoms with Crippen LogP contribution in [0, 0.1) is 18.3 Å². The van der Waals surface area contributed by atoms with E-state index in [4.69, 9.17) is 30.5 Å². The molecule has 0 saturated carbocycles. The molecule has 0 fully saturated rings. The fourth-order valence-corrected chi connectivity index (χ4v) is 3.74. The van der Waals surface area contributed by atoms with Crippen molar-refractivity contribution in [1.82, 2.24) is 10.2 Å². The Morgan fingerprint density at radius 1 is 1.14 bits per heavy atom. The number of aromatic nitrogens is 2. The number of halogens is 1. The molecule has 0 aliphatic heterocycles. The van der Waals surface area contributed by atoms with Gasteiger partial charge in [0.15, 0.2) is 11.5 Å². The van der Waals surface area contributed by atoms with Gasteiger partial charge in [0.25, 0.3) is 5.91 Å². The second-order valence-electron chi connectivity index (χ2n) is 6.89. The molecule has 3 rings (SSSR count). The SMILES string of the molecule is CCOc1cc(/C=C(/C#N)C(=O)Nc2nnc(C)s2)cc(Cl)c1OCCOc1ccc(OC)cc1. The van der Waals surface area contributed by atoms with E-state index in [2.05, 4.69) is 15.5 Å². The van der Waals surface area contributed by atoms with Crippen molar-refractivity contribution in [2.24, 2.45) is 0 Å². The molecule has 11 heteroatoms. The fraction of sp³-hybridized carbons (Fsp3) is 0.250. The minimum absolute atomic E-state index is 0.127. The Kier molecular flexibility index (Phi) is 9.29. The molecular formula is C24H23ClN4O5S. The lowest BCUT2D eigenvalue weighted by Crippen LogP contribution is -2.13. The van der Waals surface area contributed by atoms with Gasteiger partial charge in [-0.3, -0.25) is 10.1 Å². The average Bonchev–Trinajstić information content (AvgIpc) is 3.26. The third kappa shape index (κ3) is 7.34. The Morgan fingerprint density at radius 3 is 2.49 bits per heavy atom. The molecule has 35 heavy (non-hydrogen) atoms. The van der Waals surface area contributed by atoms with Gasteiger partial charge in [0.1, 0.15) is 41.4 Å². The van der Waals surface area contributed by atoms with Crippen LogP contribution in [0.25, 0.3) is 6.08 Å². The molecule has 0 spiro atoms. The second kappa shape index (κ2) is 12.6. The lowest BCUT2D eigenvalue weighted by atomic mass is 10.1. The van der Waals surface area contributed by atoms with E-state index >= 15 is 0 Å². The standard InChI is InChI=1S/C24H23ClN4O5S/c1-4-32-21-13-16(11-17(14-26)23(30)27-24-29-28-15(2)35-24)12-20(25)22(21)34-10-9-33-19-7-5-18(31-3)6-8-19/h5-8,11-13H,4,9-10H2,1-3H3,(H,27,29,30)/b17-11-. The van der Waals surface area contributed by atoms with E-state index < -0.39 is 5.91 Å². The highest BCUT2D eigenvalue weighted by Crippen LogP contribution is 2.37. The highest BCUT2D eigenvalue weighted by Gasteiger charge is 2.16. The molecule has 2 aromatic carbocycles. The number of anilines is 1. The van der Waals surface area contributed by atoms with Crippen molar-refractivity contribution in [3.8, 4) is 29.1 Å². The largest absolute Gasteiger partial charge is 0.497 e. The van der Waals surface area contributed by atoms with Crippen LogP contribution in [-0.2, 0) is 4.79 Å². The van der Waals surface area contributed by atoms with Crippen LogP contribution in [0.1, 0.15) is 17.5 Å². The molecule has 1 N–H and O–H groups in total. The zero-order valence-corrected chi connectivity index (χ0v) is 20.9. The zero-order valence-electron chi connectivity index (χ0n) is 19.3. The fourth-order valence-electron chi connectivity index (χ4n) is 2.88. The van der Waals surface area contributed by atoms with Crippen LogP contribution in [0.15, 0.2) is 42.0 Å². The van der Waals surface area contributed by atoms with Crippen molar-refractivity contribution in [2.45, 2.75) is 13.8 Å². The van der Waals surface area contributed by atoms with Gasteiger partial charge in [0.05, 0.1) is 18.7 Å². The monoisotopic (exact) mass is 514 g/mol. The number of rotatable bonds is 11. The normalized spacial score (nSPS) is 10.9. The van der Waals surface area contributed by atoms with Crippen molar-refractivity contribution in [3.63, 3.8) is 0 Å². The van der Waals surface area contributed by atoms with E-state index in [1.54, 1.807) is 50.4 Å². The molecule has 3 aromatic rings. The first-order chi connectivity index (χ1) is 16.9. The summed E-state index contributed by atoms with van der Waals surface area (Å²) in [5.74, 6) is 1.54. The second-order valence-corrected chi connectivity index (χ2v) is 8.47. The average molecular weight is 515 g/mol. The first-order valence-corrected chi connectivity index (χ1v) is 11.7. The van der Waals surface area contributed by atoms with E-state index in [-0.39, 0.29) is 23.8 Å². The van der Waals surface area contributed by atoms with E-state index in [0.29, 0.717) is 39.6 Å². The topological polar surface area (TPSA) is 116 Å². The number of aryl methyl sites for hydroxylation is 1. The van der Waals surface area contributed by atoms with Crippen LogP contribution >= 0.6 is 22.9 Å². The minimum Gasteiger partial charge on any atom is -0.497 e. The maximum Gasteiger partial charge on any atom is 0.268 e. The van der Waals surface area contributed by atoms with E-state index in [1.165, 1.54) is 17.4 Å². The van der Waals surface area contributed by atoms with Crippen LogP contribution in [0.3, 0.4) is 0 Å². The van der Waals surface area contributed by atoms with Crippen LogP contribution in [-0.4, -0.2) is 43.0 Å². The number of nitrogens with one attached hydrogen (secondary N) is 1. The molecule has 0 atom stereocenters. The zero-order chi connectivity index (χ0) is 25.2. The Morgan fingerprint density at radius 2 is 1.86 bits per heavy atom. The Bertz CT molecular complexity index is 1240. The van der Waals surface area contributed by atoms with E-state index in [0.717, 1.165) is 5.75 Å². The van der Waals surface area contributed by atoms with Crippen LogP contribution in [0.5, 0.6) is 23.0 Å². The van der Waals surface area contributed by atoms with Crippen molar-refractivity contribution in [1.29, 1.82) is 5.26 Å². The highest BCUT2D eigenvalue weighted by atomic mass is 35.5. The lowest BCUT2D eigenvalue weighted by Gasteiger charge is -2.15. The highest BCUT2D eigenvalue weighted by molar-refractivity contribution is 7.15. The van der Waals surface area contributed by atoms with Gasteiger partial charge in [-0.1, -0.05) is 22.9 Å².